The monoisotopic (exact) mass is 638 g/mol. The molecule has 1 saturated heterocycles. The lowest BCUT2D eigenvalue weighted by molar-refractivity contribution is -0.0696. The number of aliphatic hydroxyl groups is 1. The van der Waals surface area contributed by atoms with Crippen molar-refractivity contribution in [2.24, 2.45) is 12.5 Å². The Morgan fingerprint density at radius 2 is 1.89 bits per heavy atom. The maximum atomic E-state index is 15.4. The molecule has 4 aliphatic rings. The van der Waals surface area contributed by atoms with Crippen LogP contribution in [-0.4, -0.2) is 62.4 Å². The zero-order chi connectivity index (χ0) is 32.6. The number of ether oxygens (including phenoxy) is 1. The van der Waals surface area contributed by atoms with Crippen LogP contribution in [0.1, 0.15) is 52.4 Å². The Kier molecular flexibility index (Phi) is 7.12. The summed E-state index contributed by atoms with van der Waals surface area (Å²) in [6.45, 7) is 8.30. The first-order valence-electron chi connectivity index (χ1n) is 16.3. The standard InChI is InChI=1S/C36H39FN6O4/c1-36(2)14-22-11-31-35(46)43(9-8-42(31)32(22)15-36)30-13-24(37)12-26(27(30)18-44)23-10-29(34(45)40(3)16-23)39-33-5-4-21-17-41(25-19-47-20-25)7-6-28(21)38-33/h4-5,10-13,16,25,44H,6-9,14-15,17-20H2,1-3H3,(H,38,39). The summed E-state index contributed by atoms with van der Waals surface area (Å²) in [5, 5.41) is 13.9. The molecule has 4 aromatic rings. The summed E-state index contributed by atoms with van der Waals surface area (Å²) in [5.41, 5.74) is 7.07. The molecule has 11 heteroatoms. The Bertz CT molecular complexity index is 1990. The third kappa shape index (κ3) is 5.17. The van der Waals surface area contributed by atoms with Crippen molar-refractivity contribution in [2.75, 3.05) is 36.5 Å². The van der Waals surface area contributed by atoms with E-state index in [1.54, 1.807) is 24.2 Å². The highest BCUT2D eigenvalue weighted by molar-refractivity contribution is 6.07. The largest absolute Gasteiger partial charge is 0.392 e. The van der Waals surface area contributed by atoms with Crippen molar-refractivity contribution >= 4 is 23.1 Å². The fourth-order valence-corrected chi connectivity index (χ4v) is 7.77. The van der Waals surface area contributed by atoms with Crippen LogP contribution in [0.15, 0.2) is 47.4 Å². The second-order valence-electron chi connectivity index (χ2n) is 14.1. The Morgan fingerprint density at radius 3 is 2.66 bits per heavy atom. The van der Waals surface area contributed by atoms with Gasteiger partial charge in [-0.2, -0.15) is 0 Å². The van der Waals surface area contributed by atoms with Gasteiger partial charge in [0.05, 0.1) is 31.5 Å². The van der Waals surface area contributed by atoms with Crippen LogP contribution in [0.25, 0.3) is 11.1 Å². The van der Waals surface area contributed by atoms with Crippen molar-refractivity contribution in [3.05, 3.63) is 92.5 Å². The van der Waals surface area contributed by atoms with Crippen LogP contribution < -0.4 is 15.8 Å². The summed E-state index contributed by atoms with van der Waals surface area (Å²) in [7, 11) is 1.64. The average molecular weight is 639 g/mol. The number of amides is 1. The van der Waals surface area contributed by atoms with E-state index in [1.807, 2.05) is 12.1 Å². The van der Waals surface area contributed by atoms with Crippen molar-refractivity contribution in [2.45, 2.75) is 58.8 Å². The van der Waals surface area contributed by atoms with Gasteiger partial charge in [-0.25, -0.2) is 9.37 Å². The molecule has 0 atom stereocenters. The van der Waals surface area contributed by atoms with Gasteiger partial charge in [0.2, 0.25) is 0 Å². The molecule has 3 aliphatic heterocycles. The van der Waals surface area contributed by atoms with E-state index < -0.39 is 12.4 Å². The minimum atomic E-state index is -0.535. The van der Waals surface area contributed by atoms with Crippen molar-refractivity contribution in [3.63, 3.8) is 0 Å². The summed E-state index contributed by atoms with van der Waals surface area (Å²) < 4.78 is 24.3. The number of aryl methyl sites for hydroxylation is 1. The zero-order valence-electron chi connectivity index (χ0n) is 27.0. The van der Waals surface area contributed by atoms with Crippen molar-refractivity contribution in [1.29, 1.82) is 0 Å². The second kappa shape index (κ2) is 11.1. The van der Waals surface area contributed by atoms with E-state index in [-0.39, 0.29) is 22.6 Å². The van der Waals surface area contributed by atoms with E-state index in [0.29, 0.717) is 53.0 Å². The van der Waals surface area contributed by atoms with Crippen molar-refractivity contribution in [1.82, 2.24) is 19.0 Å². The molecule has 1 amide bonds. The number of pyridine rings is 2. The molecule has 0 bridgehead atoms. The molecule has 0 radical (unpaired) electrons. The number of halogens is 1. The summed E-state index contributed by atoms with van der Waals surface area (Å²) in [6.07, 6.45) is 4.27. The van der Waals surface area contributed by atoms with Gasteiger partial charge in [-0.3, -0.25) is 14.5 Å². The lowest BCUT2D eigenvalue weighted by Crippen LogP contribution is -2.50. The fourth-order valence-electron chi connectivity index (χ4n) is 7.77. The highest BCUT2D eigenvalue weighted by Gasteiger charge is 2.37. The molecule has 47 heavy (non-hydrogen) atoms. The van der Waals surface area contributed by atoms with Crippen molar-refractivity contribution in [3.8, 4) is 11.1 Å². The molecule has 10 nitrogen and oxygen atoms in total. The molecule has 0 spiro atoms. The normalized spacial score (nSPS) is 18.9. The summed E-state index contributed by atoms with van der Waals surface area (Å²) in [6, 6.07) is 10.7. The smallest absolute Gasteiger partial charge is 0.274 e. The van der Waals surface area contributed by atoms with E-state index in [4.69, 9.17) is 9.72 Å². The quantitative estimate of drug-likeness (QED) is 0.327. The molecular formula is C36H39FN6O4. The molecule has 0 unspecified atom stereocenters. The number of aromatic nitrogens is 3. The maximum Gasteiger partial charge on any atom is 0.274 e. The second-order valence-corrected chi connectivity index (χ2v) is 14.1. The number of rotatable bonds is 6. The van der Waals surface area contributed by atoms with Gasteiger partial charge in [-0.15, -0.1) is 0 Å². The van der Waals surface area contributed by atoms with Crippen LogP contribution in [0.2, 0.25) is 0 Å². The fraction of sp³-hybridized carbons (Fsp3) is 0.417. The van der Waals surface area contributed by atoms with E-state index in [1.165, 1.54) is 33.5 Å². The first-order valence-corrected chi connectivity index (χ1v) is 16.3. The van der Waals surface area contributed by atoms with Gasteiger partial charge in [0.15, 0.2) is 0 Å². The molecule has 8 rings (SSSR count). The summed E-state index contributed by atoms with van der Waals surface area (Å²) >= 11 is 0. The first-order chi connectivity index (χ1) is 22.6. The SMILES string of the molecule is Cn1cc(-c2cc(F)cc(N3CCn4c(cc5c4CC(C)(C)C5)C3=O)c2CO)cc(Nc2ccc3c(n2)CCN(C2COC2)C3)c1=O. The highest BCUT2D eigenvalue weighted by Crippen LogP contribution is 2.41. The lowest BCUT2D eigenvalue weighted by atomic mass is 9.90. The molecule has 1 aliphatic carbocycles. The summed E-state index contributed by atoms with van der Waals surface area (Å²) in [5.74, 6) is -0.189. The number of nitrogens with one attached hydrogen (secondary N) is 1. The predicted molar refractivity (Wildman–Crippen MR) is 177 cm³/mol. The van der Waals surface area contributed by atoms with Crippen LogP contribution in [0, 0.1) is 11.2 Å². The molecule has 2 N–H and O–H groups in total. The van der Waals surface area contributed by atoms with Gasteiger partial charge >= 0.3 is 0 Å². The number of hydrogen-bond acceptors (Lipinski definition) is 7. The van der Waals surface area contributed by atoms with Crippen LogP contribution in [0.5, 0.6) is 0 Å². The van der Waals surface area contributed by atoms with Crippen molar-refractivity contribution < 1.29 is 19.0 Å². The highest BCUT2D eigenvalue weighted by atomic mass is 19.1. The van der Waals surface area contributed by atoms with E-state index in [9.17, 15) is 14.7 Å². The van der Waals surface area contributed by atoms with Gasteiger partial charge in [-0.1, -0.05) is 19.9 Å². The number of anilines is 3. The predicted octanol–water partition coefficient (Wildman–Crippen LogP) is 4.17. The number of fused-ring (bicyclic) bond motifs is 4. The molecule has 244 valence electrons. The molecular weight excluding hydrogens is 599 g/mol. The molecule has 3 aromatic heterocycles. The van der Waals surface area contributed by atoms with Crippen LogP contribution >= 0.6 is 0 Å². The number of carbonyl (C=O) groups is 1. The molecule has 0 saturated carbocycles. The maximum absolute atomic E-state index is 15.4. The zero-order valence-corrected chi connectivity index (χ0v) is 27.0. The number of hydrogen-bond donors (Lipinski definition) is 2. The van der Waals surface area contributed by atoms with E-state index >= 15 is 4.39 Å². The number of nitrogens with zero attached hydrogens (tertiary/aromatic N) is 5. The van der Waals surface area contributed by atoms with Gasteiger partial charge in [-0.05, 0) is 65.3 Å². The van der Waals surface area contributed by atoms with Gasteiger partial charge in [0.1, 0.15) is 23.0 Å². The molecule has 6 heterocycles. The summed E-state index contributed by atoms with van der Waals surface area (Å²) in [4.78, 5) is 36.0. The molecule has 1 fully saturated rings. The van der Waals surface area contributed by atoms with E-state index in [0.717, 1.165) is 51.3 Å². The lowest BCUT2D eigenvalue weighted by Gasteiger charge is -2.39. The molecule has 1 aromatic carbocycles. The first kappa shape index (κ1) is 30.0. The Balaban J connectivity index is 1.11. The Morgan fingerprint density at radius 1 is 1.06 bits per heavy atom. The third-order valence-electron chi connectivity index (χ3n) is 10.2. The average Bonchev–Trinajstić information content (AvgIpc) is 3.50. The third-order valence-corrected chi connectivity index (χ3v) is 10.2. The van der Waals surface area contributed by atoms with Crippen LogP contribution in [0.3, 0.4) is 0 Å². The van der Waals surface area contributed by atoms with E-state index in [2.05, 4.69) is 34.7 Å². The van der Waals surface area contributed by atoms with Gasteiger partial charge in [0, 0.05) is 68.4 Å². The number of carbonyl (C=O) groups excluding carboxylic acids is 1. The number of aliphatic hydroxyl groups excluding tert-OH is 1. The van der Waals surface area contributed by atoms with Crippen LogP contribution in [-0.2, 0) is 50.7 Å². The minimum Gasteiger partial charge on any atom is -0.392 e. The van der Waals surface area contributed by atoms with Gasteiger partial charge < -0.3 is 29.2 Å². The Hall–Kier alpha value is -4.32. The van der Waals surface area contributed by atoms with Crippen LogP contribution in [0.4, 0.5) is 21.6 Å². The van der Waals surface area contributed by atoms with Gasteiger partial charge in [0.25, 0.3) is 11.5 Å². The number of benzene rings is 1. The minimum absolute atomic E-state index is 0.168. The topological polar surface area (TPSA) is 105 Å². The Labute approximate surface area is 272 Å².